The third kappa shape index (κ3) is 6.46. The van der Waals surface area contributed by atoms with Crippen LogP contribution in [-0.2, 0) is 19.0 Å². The zero-order valence-corrected chi connectivity index (χ0v) is 17.5. The molecule has 0 radical (unpaired) electrons. The Hall–Kier alpha value is -2.63. The molecule has 6 nitrogen and oxygen atoms in total. The third-order valence-corrected chi connectivity index (χ3v) is 5.22. The van der Waals surface area contributed by atoms with Crippen molar-refractivity contribution in [3.63, 3.8) is 0 Å². The lowest BCUT2D eigenvalue weighted by atomic mass is 9.93. The van der Waals surface area contributed by atoms with Gasteiger partial charge in [-0.2, -0.15) is 13.2 Å². The number of nitrogens with two attached hydrogens (primary N) is 1. The van der Waals surface area contributed by atoms with E-state index >= 15 is 0 Å². The molecule has 0 aromatic heterocycles. The van der Waals surface area contributed by atoms with Crippen LogP contribution in [0.2, 0.25) is 0 Å². The fourth-order valence-electron chi connectivity index (χ4n) is 3.29. The molecule has 1 heterocycles. The summed E-state index contributed by atoms with van der Waals surface area (Å²) in [5.74, 6) is -0.517. The second-order valence-electron chi connectivity index (χ2n) is 7.91. The highest BCUT2D eigenvalue weighted by atomic mass is 19.4. The molecule has 11 heteroatoms. The summed E-state index contributed by atoms with van der Waals surface area (Å²) in [4.78, 5) is 0. The van der Waals surface area contributed by atoms with E-state index in [1.54, 1.807) is 6.07 Å². The molecule has 0 unspecified atom stereocenters. The summed E-state index contributed by atoms with van der Waals surface area (Å²) >= 11 is 0. The Bertz CT molecular complexity index is 963. The molecule has 0 saturated carbocycles. The summed E-state index contributed by atoms with van der Waals surface area (Å²) in [7, 11) is 0. The minimum atomic E-state index is -4.65. The Morgan fingerprint density at radius 3 is 2.21 bits per heavy atom. The zero-order valence-electron chi connectivity index (χ0n) is 17.5. The number of alkyl halides is 5. The number of aliphatic hydroxyl groups is 2. The van der Waals surface area contributed by atoms with Gasteiger partial charge in [-0.15, -0.1) is 8.78 Å². The minimum absolute atomic E-state index is 0.0338. The summed E-state index contributed by atoms with van der Waals surface area (Å²) in [5.41, 5.74) is 4.53. The van der Waals surface area contributed by atoms with E-state index in [2.05, 4.69) is 9.47 Å². The van der Waals surface area contributed by atoms with E-state index in [9.17, 15) is 32.2 Å². The van der Waals surface area contributed by atoms with Gasteiger partial charge in [-0.1, -0.05) is 12.1 Å². The van der Waals surface area contributed by atoms with E-state index < -0.39 is 36.8 Å². The van der Waals surface area contributed by atoms with Gasteiger partial charge in [0.1, 0.15) is 5.75 Å². The number of rotatable bonds is 10. The monoisotopic (exact) mass is 477 g/mol. The molecule has 0 bridgehead atoms. The van der Waals surface area contributed by atoms with Crippen LogP contribution in [0.25, 0.3) is 0 Å². The summed E-state index contributed by atoms with van der Waals surface area (Å²) < 4.78 is 80.8. The molecule has 1 aliphatic rings. The molecule has 2 aromatic rings. The molecule has 33 heavy (non-hydrogen) atoms. The highest BCUT2D eigenvalue weighted by molar-refractivity contribution is 5.45. The molecule has 0 fully saturated rings. The average molecular weight is 477 g/mol. The maximum atomic E-state index is 13.5. The first-order valence-electron chi connectivity index (χ1n) is 10.2. The van der Waals surface area contributed by atoms with Crippen molar-refractivity contribution in [1.82, 2.24) is 0 Å². The van der Waals surface area contributed by atoms with Gasteiger partial charge >= 0.3 is 12.5 Å². The van der Waals surface area contributed by atoms with Crippen molar-refractivity contribution in [3.8, 4) is 17.2 Å². The highest BCUT2D eigenvalue weighted by Crippen LogP contribution is 2.41. The lowest BCUT2D eigenvalue weighted by Gasteiger charge is -2.24. The lowest BCUT2D eigenvalue weighted by Crippen LogP contribution is -2.47. The van der Waals surface area contributed by atoms with E-state index in [1.165, 1.54) is 24.3 Å². The summed E-state index contributed by atoms with van der Waals surface area (Å²) in [6.45, 7) is -1.03. The Balaban J connectivity index is 1.59. The van der Waals surface area contributed by atoms with E-state index in [4.69, 9.17) is 10.5 Å². The molecule has 2 aromatic carbocycles. The van der Waals surface area contributed by atoms with Crippen LogP contribution in [0.1, 0.15) is 29.5 Å². The molecule has 4 N–H and O–H groups in total. The van der Waals surface area contributed by atoms with Crippen molar-refractivity contribution in [2.24, 2.45) is 5.73 Å². The third-order valence-electron chi connectivity index (χ3n) is 5.22. The predicted octanol–water partition coefficient (Wildman–Crippen LogP) is 3.65. The standard InChI is InChI=1S/C22H24F5NO5/c23-21(24,25)16-10-15(7-8-20(28,12-29)13-30)3-5-17(16)31-9-1-2-14-4-6-18-19(11-14)33-22(26,27)32-18/h3-6,10-11,29-30H,1-2,7-9,12-13,28H2. The van der Waals surface area contributed by atoms with Crippen LogP contribution in [0.4, 0.5) is 22.0 Å². The summed E-state index contributed by atoms with van der Waals surface area (Å²) in [6, 6.07) is 7.95. The number of halogens is 5. The highest BCUT2D eigenvalue weighted by Gasteiger charge is 2.43. The van der Waals surface area contributed by atoms with Gasteiger partial charge in [0.2, 0.25) is 0 Å². The first-order chi connectivity index (χ1) is 15.4. The van der Waals surface area contributed by atoms with E-state index in [1.807, 2.05) is 0 Å². The Morgan fingerprint density at radius 1 is 0.909 bits per heavy atom. The predicted molar refractivity (Wildman–Crippen MR) is 107 cm³/mol. The van der Waals surface area contributed by atoms with Crippen LogP contribution >= 0.6 is 0 Å². The smallest absolute Gasteiger partial charge is 0.493 e. The fourth-order valence-corrected chi connectivity index (χ4v) is 3.29. The Morgan fingerprint density at radius 2 is 1.55 bits per heavy atom. The topological polar surface area (TPSA) is 94.2 Å². The number of aryl methyl sites for hydroxylation is 2. The van der Waals surface area contributed by atoms with Gasteiger partial charge < -0.3 is 30.2 Å². The molecule has 0 aliphatic carbocycles. The van der Waals surface area contributed by atoms with Crippen molar-refractivity contribution in [1.29, 1.82) is 0 Å². The van der Waals surface area contributed by atoms with Crippen molar-refractivity contribution in [2.45, 2.75) is 43.7 Å². The van der Waals surface area contributed by atoms with Gasteiger partial charge in [0.25, 0.3) is 0 Å². The molecule has 0 amide bonds. The maximum absolute atomic E-state index is 13.5. The van der Waals surface area contributed by atoms with Crippen LogP contribution < -0.4 is 19.9 Å². The molecule has 0 spiro atoms. The van der Waals surface area contributed by atoms with Gasteiger partial charge in [-0.05, 0) is 61.1 Å². The molecular weight excluding hydrogens is 453 g/mol. The quantitative estimate of drug-likeness (QED) is 0.357. The second-order valence-corrected chi connectivity index (χ2v) is 7.91. The van der Waals surface area contributed by atoms with Crippen molar-refractivity contribution >= 4 is 0 Å². The molecular formula is C22H24F5NO5. The number of fused-ring (bicyclic) bond motifs is 1. The first kappa shape index (κ1) is 25.0. The average Bonchev–Trinajstić information content (AvgIpc) is 3.07. The number of hydrogen-bond donors (Lipinski definition) is 3. The fraction of sp³-hybridized carbons (Fsp3) is 0.455. The van der Waals surface area contributed by atoms with Crippen molar-refractivity contribution in [3.05, 3.63) is 53.1 Å². The minimum Gasteiger partial charge on any atom is -0.493 e. The Labute approximate surface area is 186 Å². The van der Waals surface area contributed by atoms with E-state index in [-0.39, 0.29) is 36.7 Å². The summed E-state index contributed by atoms with van der Waals surface area (Å²) in [5, 5.41) is 18.5. The van der Waals surface area contributed by atoms with Gasteiger partial charge in [-0.3, -0.25) is 0 Å². The van der Waals surface area contributed by atoms with Crippen molar-refractivity contribution < 1.29 is 46.4 Å². The maximum Gasteiger partial charge on any atom is 0.586 e. The SMILES string of the molecule is NC(CO)(CO)CCc1ccc(OCCCc2ccc3c(c2)OC(F)(F)O3)c(C(F)(F)F)c1. The van der Waals surface area contributed by atoms with Gasteiger partial charge in [0.15, 0.2) is 11.5 Å². The first-order valence-corrected chi connectivity index (χ1v) is 10.2. The summed E-state index contributed by atoms with van der Waals surface area (Å²) in [6.07, 6.45) is -7.45. The lowest BCUT2D eigenvalue weighted by molar-refractivity contribution is -0.286. The molecule has 0 saturated heterocycles. The molecule has 3 rings (SSSR count). The van der Waals surface area contributed by atoms with Crippen molar-refractivity contribution in [2.75, 3.05) is 19.8 Å². The molecule has 182 valence electrons. The van der Waals surface area contributed by atoms with E-state index in [0.29, 0.717) is 24.0 Å². The van der Waals surface area contributed by atoms with E-state index in [0.717, 1.165) is 6.07 Å². The molecule has 1 aliphatic heterocycles. The zero-order chi connectivity index (χ0) is 24.3. The second kappa shape index (κ2) is 9.70. The number of benzene rings is 2. The van der Waals surface area contributed by atoms with Crippen LogP contribution in [0.5, 0.6) is 17.2 Å². The largest absolute Gasteiger partial charge is 0.586 e. The van der Waals surface area contributed by atoms with Crippen LogP contribution in [0, 0.1) is 0 Å². The number of ether oxygens (including phenoxy) is 3. The molecule has 0 atom stereocenters. The number of hydrogen-bond acceptors (Lipinski definition) is 6. The van der Waals surface area contributed by atoms with Crippen LogP contribution in [0.3, 0.4) is 0 Å². The Kier molecular flexibility index (Phi) is 7.35. The van der Waals surface area contributed by atoms with Crippen LogP contribution in [-0.4, -0.2) is 41.9 Å². The van der Waals surface area contributed by atoms with Gasteiger partial charge in [0, 0.05) is 0 Å². The van der Waals surface area contributed by atoms with Gasteiger partial charge in [0.05, 0.1) is 30.9 Å². The van der Waals surface area contributed by atoms with Crippen LogP contribution in [0.15, 0.2) is 36.4 Å². The normalized spacial score (nSPS) is 15.0. The van der Waals surface area contributed by atoms with Gasteiger partial charge in [-0.25, -0.2) is 0 Å². The number of aliphatic hydroxyl groups excluding tert-OH is 2.